The average molecular weight is 246 g/mol. The zero-order valence-electron chi connectivity index (χ0n) is 11.1. The average Bonchev–Trinajstić information content (AvgIpc) is 2.26. The number of hydroxylamine groups is 2. The fourth-order valence-electron chi connectivity index (χ4n) is 1.63. The van der Waals surface area contributed by atoms with E-state index in [-0.39, 0.29) is 24.3 Å². The summed E-state index contributed by atoms with van der Waals surface area (Å²) in [5.41, 5.74) is 0. The summed E-state index contributed by atoms with van der Waals surface area (Å²) in [4.78, 5) is 28.8. The van der Waals surface area contributed by atoms with Crippen LogP contribution >= 0.6 is 0 Å². The molecule has 6 heteroatoms. The zero-order valence-corrected chi connectivity index (χ0v) is 11.1. The molecule has 0 aliphatic heterocycles. The molecular formula is C11H22N2O4. The summed E-state index contributed by atoms with van der Waals surface area (Å²) in [6.45, 7) is 5.92. The Morgan fingerprint density at radius 2 is 1.88 bits per heavy atom. The van der Waals surface area contributed by atoms with E-state index in [1.54, 1.807) is 6.92 Å². The second-order valence-electron chi connectivity index (χ2n) is 4.16. The molecular weight excluding hydrogens is 224 g/mol. The molecule has 0 aliphatic rings. The van der Waals surface area contributed by atoms with Crippen molar-refractivity contribution in [3.8, 4) is 0 Å². The molecule has 0 radical (unpaired) electrons. The Hall–Kier alpha value is -1.30. The smallest absolute Gasteiger partial charge is 0.407 e. The van der Waals surface area contributed by atoms with Crippen molar-refractivity contribution >= 4 is 12.0 Å². The summed E-state index contributed by atoms with van der Waals surface area (Å²) in [7, 11) is 2.91. The van der Waals surface area contributed by atoms with Crippen LogP contribution in [0.4, 0.5) is 4.79 Å². The number of rotatable bonds is 6. The van der Waals surface area contributed by atoms with Crippen LogP contribution in [0.5, 0.6) is 0 Å². The highest BCUT2D eigenvalue weighted by Crippen LogP contribution is 2.16. The topological polar surface area (TPSA) is 70.1 Å². The van der Waals surface area contributed by atoms with Crippen LogP contribution in [0.25, 0.3) is 0 Å². The van der Waals surface area contributed by atoms with Crippen LogP contribution in [0, 0.1) is 5.92 Å². The summed E-state index contributed by atoms with van der Waals surface area (Å²) in [6, 6.07) is -0.331. The molecule has 0 aromatic heterocycles. The van der Waals surface area contributed by atoms with Crippen molar-refractivity contribution < 1.29 is 19.5 Å². The normalized spacial score (nSPS) is 12.4. The highest BCUT2D eigenvalue weighted by molar-refractivity contribution is 5.76. The van der Waals surface area contributed by atoms with Crippen molar-refractivity contribution in [3.05, 3.63) is 0 Å². The largest absolute Gasteiger partial charge is 0.465 e. The van der Waals surface area contributed by atoms with E-state index in [2.05, 4.69) is 0 Å². The van der Waals surface area contributed by atoms with Gasteiger partial charge in [-0.2, -0.15) is 0 Å². The number of hydrogen-bond acceptors (Lipinski definition) is 3. The van der Waals surface area contributed by atoms with Crippen LogP contribution in [-0.2, 0) is 9.63 Å². The predicted octanol–water partition coefficient (Wildman–Crippen LogP) is 1.42. The Labute approximate surface area is 102 Å². The Balaban J connectivity index is 4.75. The van der Waals surface area contributed by atoms with Crippen LogP contribution in [0.1, 0.15) is 27.2 Å². The van der Waals surface area contributed by atoms with E-state index in [0.717, 1.165) is 5.06 Å². The molecule has 100 valence electrons. The Kier molecular flexibility index (Phi) is 6.57. The van der Waals surface area contributed by atoms with E-state index >= 15 is 0 Å². The van der Waals surface area contributed by atoms with Gasteiger partial charge in [0.25, 0.3) is 0 Å². The second-order valence-corrected chi connectivity index (χ2v) is 4.16. The number of carboxylic acid groups (broad SMARTS) is 1. The van der Waals surface area contributed by atoms with Crippen LogP contribution in [0.2, 0.25) is 0 Å². The van der Waals surface area contributed by atoms with E-state index < -0.39 is 6.09 Å². The molecule has 0 fully saturated rings. The maximum Gasteiger partial charge on any atom is 0.407 e. The first-order chi connectivity index (χ1) is 7.84. The summed E-state index contributed by atoms with van der Waals surface area (Å²) in [5, 5.41) is 10.2. The van der Waals surface area contributed by atoms with Gasteiger partial charge in [-0.25, -0.2) is 9.86 Å². The van der Waals surface area contributed by atoms with Crippen molar-refractivity contribution in [2.75, 3.05) is 20.7 Å². The van der Waals surface area contributed by atoms with Crippen molar-refractivity contribution in [3.63, 3.8) is 0 Å². The summed E-state index contributed by atoms with van der Waals surface area (Å²) in [6.07, 6.45) is -0.874. The molecule has 0 aromatic carbocycles. The van der Waals surface area contributed by atoms with Crippen LogP contribution < -0.4 is 0 Å². The minimum Gasteiger partial charge on any atom is -0.465 e. The Morgan fingerprint density at radius 3 is 2.18 bits per heavy atom. The molecule has 0 saturated heterocycles. The van der Waals surface area contributed by atoms with Crippen molar-refractivity contribution in [1.29, 1.82) is 0 Å². The first-order valence-corrected chi connectivity index (χ1v) is 5.65. The second kappa shape index (κ2) is 7.11. The fourth-order valence-corrected chi connectivity index (χ4v) is 1.63. The molecule has 1 N–H and O–H groups in total. The van der Waals surface area contributed by atoms with Gasteiger partial charge in [0.15, 0.2) is 0 Å². The van der Waals surface area contributed by atoms with Gasteiger partial charge in [0.1, 0.15) is 0 Å². The lowest BCUT2D eigenvalue weighted by atomic mass is 9.99. The van der Waals surface area contributed by atoms with Gasteiger partial charge in [-0.3, -0.25) is 9.63 Å². The van der Waals surface area contributed by atoms with E-state index in [4.69, 9.17) is 9.94 Å². The van der Waals surface area contributed by atoms with Gasteiger partial charge in [0.2, 0.25) is 5.91 Å². The molecule has 0 bridgehead atoms. The van der Waals surface area contributed by atoms with Gasteiger partial charge in [0, 0.05) is 26.1 Å². The molecule has 0 aromatic rings. The lowest BCUT2D eigenvalue weighted by molar-refractivity contribution is -0.170. The van der Waals surface area contributed by atoms with Crippen LogP contribution in [-0.4, -0.2) is 53.8 Å². The van der Waals surface area contributed by atoms with E-state index in [1.807, 2.05) is 13.8 Å². The van der Waals surface area contributed by atoms with Crippen LogP contribution in [0.3, 0.4) is 0 Å². The summed E-state index contributed by atoms with van der Waals surface area (Å²) in [5.74, 6) is -0.161. The molecule has 2 amide bonds. The number of carbonyl (C=O) groups excluding carboxylic acids is 1. The van der Waals surface area contributed by atoms with Gasteiger partial charge < -0.3 is 10.0 Å². The monoisotopic (exact) mass is 246 g/mol. The molecule has 0 heterocycles. The first kappa shape index (κ1) is 15.7. The minimum atomic E-state index is -1.00. The predicted molar refractivity (Wildman–Crippen MR) is 63.4 cm³/mol. The molecule has 0 spiro atoms. The van der Waals surface area contributed by atoms with Crippen LogP contribution in [0.15, 0.2) is 0 Å². The quantitative estimate of drug-likeness (QED) is 0.720. The molecule has 17 heavy (non-hydrogen) atoms. The lowest BCUT2D eigenvalue weighted by Gasteiger charge is -2.31. The SMILES string of the molecule is CCN(C(=O)O)C(CC(=O)N(C)OC)C(C)C. The third-order valence-corrected chi connectivity index (χ3v) is 2.77. The first-order valence-electron chi connectivity index (χ1n) is 5.65. The molecule has 0 aliphatic carbocycles. The Morgan fingerprint density at radius 1 is 1.35 bits per heavy atom. The third-order valence-electron chi connectivity index (χ3n) is 2.77. The van der Waals surface area contributed by atoms with Gasteiger partial charge in [-0.1, -0.05) is 13.8 Å². The number of hydrogen-bond donors (Lipinski definition) is 1. The maximum absolute atomic E-state index is 11.7. The van der Waals surface area contributed by atoms with Crippen molar-refractivity contribution in [2.45, 2.75) is 33.2 Å². The van der Waals surface area contributed by atoms with Gasteiger partial charge in [-0.05, 0) is 12.8 Å². The van der Waals surface area contributed by atoms with E-state index in [9.17, 15) is 9.59 Å². The number of carbonyl (C=O) groups is 2. The van der Waals surface area contributed by atoms with Gasteiger partial charge in [-0.15, -0.1) is 0 Å². The molecule has 0 saturated carbocycles. The van der Waals surface area contributed by atoms with Crippen molar-refractivity contribution in [2.24, 2.45) is 5.92 Å². The van der Waals surface area contributed by atoms with Gasteiger partial charge in [0.05, 0.1) is 7.11 Å². The third kappa shape index (κ3) is 4.60. The molecule has 0 rings (SSSR count). The molecule has 1 atom stereocenters. The van der Waals surface area contributed by atoms with E-state index in [1.165, 1.54) is 19.1 Å². The maximum atomic E-state index is 11.7. The van der Waals surface area contributed by atoms with Crippen molar-refractivity contribution in [1.82, 2.24) is 9.96 Å². The number of amides is 2. The number of nitrogens with zero attached hydrogens (tertiary/aromatic N) is 2. The van der Waals surface area contributed by atoms with E-state index in [0.29, 0.717) is 6.54 Å². The highest BCUT2D eigenvalue weighted by atomic mass is 16.7. The summed E-state index contributed by atoms with van der Waals surface area (Å²) < 4.78 is 0. The fraction of sp³-hybridized carbons (Fsp3) is 0.818. The molecule has 1 unspecified atom stereocenters. The van der Waals surface area contributed by atoms with Gasteiger partial charge >= 0.3 is 6.09 Å². The Bertz CT molecular complexity index is 268. The minimum absolute atomic E-state index is 0.0697. The summed E-state index contributed by atoms with van der Waals surface area (Å²) >= 11 is 0. The molecule has 6 nitrogen and oxygen atoms in total. The highest BCUT2D eigenvalue weighted by Gasteiger charge is 2.28. The standard InChI is InChI=1S/C11H22N2O4/c1-6-13(11(15)16)9(8(2)3)7-10(14)12(4)17-5/h8-9H,6-7H2,1-5H3,(H,15,16). The lowest BCUT2D eigenvalue weighted by Crippen LogP contribution is -2.45. The zero-order chi connectivity index (χ0) is 13.6.